The van der Waals surface area contributed by atoms with Gasteiger partial charge in [0.25, 0.3) is 0 Å². The van der Waals surface area contributed by atoms with Gasteiger partial charge < -0.3 is 73.8 Å². The van der Waals surface area contributed by atoms with E-state index in [0.29, 0.717) is 49.0 Å². The predicted molar refractivity (Wildman–Crippen MR) is 351 cm³/mol. The van der Waals surface area contributed by atoms with Crippen molar-refractivity contribution in [2.24, 2.45) is 40.1 Å². The molecule has 9 atom stereocenters. The van der Waals surface area contributed by atoms with Crippen LogP contribution in [0, 0.1) is 23.7 Å². The van der Waals surface area contributed by atoms with E-state index < -0.39 is 126 Å². The largest absolute Gasteiger partial charge is 0.508 e. The first-order valence-corrected chi connectivity index (χ1v) is 32.8. The van der Waals surface area contributed by atoms with Gasteiger partial charge in [-0.1, -0.05) is 70.9 Å². The van der Waals surface area contributed by atoms with Crippen LogP contribution in [-0.2, 0) is 72.0 Å². The zero-order chi connectivity index (χ0) is 68.4. The number of fused-ring (bicyclic) bond motifs is 1. The molecule has 27 heteroatoms. The SMILES string of the molecule is CC(=O)CNC(=O)[C@@H]1CCCN1C(=O)[C@H](CCCN=C(N)N)NC(=O)[C@@H](CC(=O)[C@@H](CCCCCNC(C)C)NC(=O)[C@@H](CC(=O)[C@H](CO)NC(=O)[C@@H](CC(=O)[C@H](Cc1cnc[nH]1)NC(=O)[C@@H]1CCC(=O)N1)Cc1c[nH]c2ccccc12)Cc1ccc(O)cc1)CC(C)C. The molecule has 0 radical (unpaired) electrons. The lowest BCUT2D eigenvalue weighted by Crippen LogP contribution is -2.54. The number of H-pyrrole nitrogens is 2. The molecule has 0 spiro atoms. The number of aliphatic hydroxyl groups is 1. The molecule has 6 rings (SSSR count). The van der Waals surface area contributed by atoms with Gasteiger partial charge in [-0.15, -0.1) is 0 Å². The van der Waals surface area contributed by atoms with E-state index in [0.717, 1.165) is 17.3 Å². The Morgan fingerprint density at radius 2 is 1.37 bits per heavy atom. The van der Waals surface area contributed by atoms with Gasteiger partial charge in [-0.3, -0.25) is 57.7 Å². The van der Waals surface area contributed by atoms with Crippen molar-refractivity contribution in [3.8, 4) is 5.75 Å². The third-order valence-electron chi connectivity index (χ3n) is 17.0. The standard InChI is InChI=1S/C67H96N14O13/c1-39(2)27-43(61(89)78-53(16-11-25-72-67(68)69)66(94)81-26-12-17-56(81)65(93)74-34-41(5)83)30-57(85)51(15-7-6-10-24-71-40(3)4)77-62(90)44(28-42-18-20-48(84)21-19-42)31-59(87)55(37-82)80-63(91)45(29-46-35-73-50-14-9-8-13-49(46)50)32-58(86)54(33-47-36-70-38-75-47)79-64(92)52-22-23-60(88)76-52/h8-9,13-14,18-21,35-36,38-40,43-45,51-56,71,73,82,84H,6-7,10-12,15-17,22-34,37H2,1-5H3,(H,70,75)(H,74,93)(H,76,88)(H,77,90)(H,78,89)(H,79,92)(H,80,91)(H4,68,69,72)/t43-,44-,45-,51-,52+,53+,54+,55+,56+/m1/s1. The van der Waals surface area contributed by atoms with Crippen LogP contribution < -0.4 is 48.7 Å². The maximum Gasteiger partial charge on any atom is 0.245 e. The zero-order valence-corrected chi connectivity index (χ0v) is 54.6. The van der Waals surface area contributed by atoms with Crippen molar-refractivity contribution in [2.45, 2.75) is 186 Å². The molecule has 15 N–H and O–H groups in total. The number of phenolic OH excluding ortho intramolecular Hbond substituents is 1. The van der Waals surface area contributed by atoms with E-state index in [4.69, 9.17) is 11.5 Å². The molecular weight excluding hydrogens is 1210 g/mol. The molecule has 0 unspecified atom stereocenters. The first-order chi connectivity index (χ1) is 44.9. The Kier molecular flexibility index (Phi) is 29.3. The number of hydrogen-bond acceptors (Lipinski definition) is 16. The van der Waals surface area contributed by atoms with Crippen molar-refractivity contribution in [1.29, 1.82) is 0 Å². The predicted octanol–water partition coefficient (Wildman–Crippen LogP) is 1.92. The number of nitrogens with two attached hydrogens (primary N) is 2. The Balaban J connectivity index is 1.25. The first-order valence-electron chi connectivity index (χ1n) is 32.8. The number of carbonyl (C=O) groups is 11. The van der Waals surface area contributed by atoms with Crippen LogP contribution in [0.4, 0.5) is 0 Å². The van der Waals surface area contributed by atoms with Gasteiger partial charge in [0, 0.05) is 98.0 Å². The summed E-state index contributed by atoms with van der Waals surface area (Å²) in [4.78, 5) is 169. The monoisotopic (exact) mass is 1300 g/mol. The Morgan fingerprint density at radius 1 is 0.723 bits per heavy atom. The Labute approximate surface area is 548 Å². The highest BCUT2D eigenvalue weighted by atomic mass is 16.3. The summed E-state index contributed by atoms with van der Waals surface area (Å²) in [7, 11) is 0. The van der Waals surface area contributed by atoms with Gasteiger partial charge in [-0.25, -0.2) is 4.98 Å². The van der Waals surface area contributed by atoms with Crippen molar-refractivity contribution in [2.75, 3.05) is 32.8 Å². The molecule has 2 aliphatic rings. The van der Waals surface area contributed by atoms with Crippen LogP contribution in [0.15, 0.2) is 72.2 Å². The number of unbranched alkanes of at least 4 members (excludes halogenated alkanes) is 2. The summed E-state index contributed by atoms with van der Waals surface area (Å²) >= 11 is 0. The number of imidazole rings is 1. The summed E-state index contributed by atoms with van der Waals surface area (Å²) in [5, 5.41) is 41.8. The number of carbonyl (C=O) groups excluding carboxylic acids is 11. The van der Waals surface area contributed by atoms with Crippen LogP contribution in [0.25, 0.3) is 10.9 Å². The van der Waals surface area contributed by atoms with E-state index in [9.17, 15) is 58.2 Å². The molecule has 4 aromatic rings. The number of amides is 7. The Hall–Kier alpha value is -8.85. The van der Waals surface area contributed by atoms with Crippen LogP contribution in [0.2, 0.25) is 0 Å². The van der Waals surface area contributed by atoms with Crippen molar-refractivity contribution in [3.63, 3.8) is 0 Å². The number of aliphatic hydroxyl groups excluding tert-OH is 1. The number of aromatic nitrogens is 3. The van der Waals surface area contributed by atoms with Gasteiger partial charge in [0.2, 0.25) is 41.4 Å². The fourth-order valence-corrected chi connectivity index (χ4v) is 12.0. The number of benzene rings is 2. The zero-order valence-electron chi connectivity index (χ0n) is 54.6. The minimum atomic E-state index is -1.61. The number of likely N-dealkylation sites (tertiary alicyclic amines) is 1. The van der Waals surface area contributed by atoms with Gasteiger partial charge in [0.05, 0.1) is 31.6 Å². The summed E-state index contributed by atoms with van der Waals surface area (Å²) in [6.07, 6.45) is 6.76. The lowest BCUT2D eigenvalue weighted by molar-refractivity contribution is -0.142. The lowest BCUT2D eigenvalue weighted by Gasteiger charge is -2.30. The van der Waals surface area contributed by atoms with Crippen LogP contribution in [0.5, 0.6) is 5.75 Å². The molecule has 2 saturated heterocycles. The molecule has 0 aliphatic carbocycles. The van der Waals surface area contributed by atoms with Crippen molar-refractivity contribution in [1.82, 2.24) is 57.1 Å². The number of hydrogen-bond donors (Lipinski definition) is 13. The summed E-state index contributed by atoms with van der Waals surface area (Å²) in [5.41, 5.74) is 13.6. The second kappa shape index (κ2) is 37.1. The summed E-state index contributed by atoms with van der Waals surface area (Å²) in [6, 6.07) is 6.61. The number of nitrogens with one attached hydrogen (secondary N) is 9. The van der Waals surface area contributed by atoms with Crippen molar-refractivity contribution >= 4 is 81.3 Å². The van der Waals surface area contributed by atoms with Crippen LogP contribution >= 0.6 is 0 Å². The summed E-state index contributed by atoms with van der Waals surface area (Å²) < 4.78 is 0. The number of rotatable bonds is 41. The number of aromatic hydroxyl groups is 1. The highest BCUT2D eigenvalue weighted by molar-refractivity contribution is 5.99. The van der Waals surface area contributed by atoms with E-state index in [1.54, 1.807) is 18.3 Å². The maximum absolute atomic E-state index is 15.0. The van der Waals surface area contributed by atoms with Gasteiger partial charge in [-0.05, 0) is 113 Å². The molecule has 2 aromatic carbocycles. The fraction of sp³-hybridized carbons (Fsp3) is 0.567. The molecule has 2 aromatic heterocycles. The molecule has 2 fully saturated rings. The van der Waals surface area contributed by atoms with Crippen molar-refractivity contribution in [3.05, 3.63) is 84.1 Å². The van der Waals surface area contributed by atoms with Gasteiger partial charge in [0.15, 0.2) is 23.3 Å². The van der Waals surface area contributed by atoms with E-state index in [-0.39, 0.29) is 119 Å². The molecule has 4 heterocycles. The summed E-state index contributed by atoms with van der Waals surface area (Å²) in [6.45, 7) is 9.02. The molecule has 0 saturated carbocycles. The third-order valence-corrected chi connectivity index (χ3v) is 17.0. The number of nitrogens with zero attached hydrogens (tertiary/aromatic N) is 3. The highest BCUT2D eigenvalue weighted by Crippen LogP contribution is 2.27. The van der Waals surface area contributed by atoms with Crippen LogP contribution in [-0.4, -0.2) is 176 Å². The number of aliphatic imine (C=N–C) groups is 1. The van der Waals surface area contributed by atoms with Crippen LogP contribution in [0.1, 0.15) is 141 Å². The molecule has 94 heavy (non-hydrogen) atoms. The quantitative estimate of drug-likeness (QED) is 0.0171. The lowest BCUT2D eigenvalue weighted by atomic mass is 9.87. The number of para-hydroxylation sites is 1. The van der Waals surface area contributed by atoms with E-state index >= 15 is 4.79 Å². The van der Waals surface area contributed by atoms with Crippen LogP contribution in [0.3, 0.4) is 0 Å². The Bertz CT molecular complexity index is 3250. The molecule has 0 bridgehead atoms. The third kappa shape index (κ3) is 23.6. The van der Waals surface area contributed by atoms with Crippen molar-refractivity contribution < 1.29 is 63.0 Å². The van der Waals surface area contributed by atoms with E-state index in [2.05, 4.69) is 57.2 Å². The minimum absolute atomic E-state index is 0.0326. The number of aromatic amines is 2. The number of ketones is 4. The fourth-order valence-electron chi connectivity index (χ4n) is 12.0. The van der Waals surface area contributed by atoms with E-state index in [1.807, 2.05) is 52.0 Å². The topological polar surface area (TPSA) is 425 Å². The highest BCUT2D eigenvalue weighted by Gasteiger charge is 2.40. The first kappa shape index (κ1) is 74.2. The maximum atomic E-state index is 15.0. The van der Waals surface area contributed by atoms with E-state index in [1.165, 1.54) is 36.5 Å². The normalized spacial score (nSPS) is 16.9. The second-order valence-electron chi connectivity index (χ2n) is 25.5. The van der Waals surface area contributed by atoms with Gasteiger partial charge in [-0.2, -0.15) is 0 Å². The van der Waals surface area contributed by atoms with Gasteiger partial charge in [0.1, 0.15) is 35.7 Å². The second-order valence-corrected chi connectivity index (χ2v) is 25.5. The number of guanidine groups is 1. The van der Waals surface area contributed by atoms with Gasteiger partial charge >= 0.3 is 0 Å². The average molecular weight is 1310 g/mol. The molecule has 2 aliphatic heterocycles. The Morgan fingerprint density at radius 3 is 2.02 bits per heavy atom. The number of Topliss-reactive ketones (excluding diaryl/α,β-unsaturated/α-hetero) is 4. The molecule has 7 amide bonds. The smallest absolute Gasteiger partial charge is 0.245 e. The molecule has 512 valence electrons. The average Bonchev–Trinajstić information content (AvgIpc) is 1.62. The molecular formula is C67H96N14O13. The molecule has 27 nitrogen and oxygen atoms in total. The number of phenols is 1. The summed E-state index contributed by atoms with van der Waals surface area (Å²) in [5.74, 6) is -9.93. The minimum Gasteiger partial charge on any atom is -0.508 e.